The van der Waals surface area contributed by atoms with E-state index in [-0.39, 0.29) is 23.1 Å². The molecule has 0 unspecified atom stereocenters. The van der Waals surface area contributed by atoms with Gasteiger partial charge in [-0.3, -0.25) is 4.79 Å². The average Bonchev–Trinajstić information content (AvgIpc) is 2.72. The largest absolute Gasteiger partial charge is 0.369 e. The van der Waals surface area contributed by atoms with Gasteiger partial charge in [-0.05, 0) is 30.8 Å². The minimum absolute atomic E-state index is 0.0475. The summed E-state index contributed by atoms with van der Waals surface area (Å²) in [4.78, 5) is 19.2. The molecule has 29 heavy (non-hydrogen) atoms. The highest BCUT2D eigenvalue weighted by Crippen LogP contribution is 2.22. The van der Waals surface area contributed by atoms with Crippen molar-refractivity contribution in [2.45, 2.75) is 6.54 Å². The van der Waals surface area contributed by atoms with E-state index in [0.717, 1.165) is 37.4 Å². The first-order valence-corrected chi connectivity index (χ1v) is 11.3. The van der Waals surface area contributed by atoms with Crippen molar-refractivity contribution in [1.29, 1.82) is 0 Å². The first-order valence-electron chi connectivity index (χ1n) is 9.71. The molecule has 0 radical (unpaired) electrons. The topological polar surface area (TPSA) is 85.3 Å². The summed E-state index contributed by atoms with van der Waals surface area (Å²) in [5.41, 5.74) is 2.43. The quantitative estimate of drug-likeness (QED) is 0.773. The number of piperazine rings is 1. The molecule has 1 fully saturated rings. The lowest BCUT2D eigenvalue weighted by atomic mass is 10.1. The number of fused-ring (bicyclic) bond motifs is 1. The highest BCUT2D eigenvalue weighted by molar-refractivity contribution is 7.90. The monoisotopic (exact) mass is 415 g/mol. The van der Waals surface area contributed by atoms with Crippen LogP contribution in [0.1, 0.15) is 5.56 Å². The number of amides is 1. The third kappa shape index (κ3) is 4.35. The van der Waals surface area contributed by atoms with Crippen LogP contribution in [0.5, 0.6) is 0 Å². The Morgan fingerprint density at radius 2 is 1.90 bits per heavy atom. The number of amidine groups is 1. The van der Waals surface area contributed by atoms with E-state index < -0.39 is 10.0 Å². The molecule has 0 aromatic heterocycles. The number of hydrogen-bond acceptors (Lipinski definition) is 6. The molecular formula is C20H25N5O3S. The number of anilines is 1. The molecule has 3 heterocycles. The Balaban J connectivity index is 1.49. The summed E-state index contributed by atoms with van der Waals surface area (Å²) in [5, 5.41) is 2.94. The van der Waals surface area contributed by atoms with E-state index >= 15 is 0 Å². The molecule has 0 saturated carbocycles. The Hall–Kier alpha value is -2.65. The fourth-order valence-electron chi connectivity index (χ4n) is 3.68. The van der Waals surface area contributed by atoms with Crippen LogP contribution >= 0.6 is 0 Å². The first-order chi connectivity index (χ1) is 13.9. The lowest BCUT2D eigenvalue weighted by molar-refractivity contribution is -0.117. The highest BCUT2D eigenvalue weighted by atomic mass is 32.2. The lowest BCUT2D eigenvalue weighted by Crippen LogP contribution is -2.45. The molecule has 8 nitrogen and oxygen atoms in total. The van der Waals surface area contributed by atoms with Gasteiger partial charge in [0.15, 0.2) is 5.84 Å². The number of nitrogens with zero attached hydrogens (tertiary/aromatic N) is 4. The van der Waals surface area contributed by atoms with Crippen LogP contribution in [0, 0.1) is 0 Å². The summed E-state index contributed by atoms with van der Waals surface area (Å²) in [6, 6.07) is 8.06. The molecule has 154 valence electrons. The molecule has 3 aliphatic rings. The maximum atomic E-state index is 12.8. The molecule has 9 heteroatoms. The van der Waals surface area contributed by atoms with Gasteiger partial charge in [0.1, 0.15) is 0 Å². The Kier molecular flexibility index (Phi) is 5.42. The number of rotatable bonds is 4. The SMILES string of the molecule is CN1CCN(c2ccccc2CNC(=O)C2=CC=CN3CCS(=O)(=O)N=C23)CC1. The molecule has 0 spiro atoms. The third-order valence-corrected chi connectivity index (χ3v) is 6.53. The van der Waals surface area contributed by atoms with Gasteiger partial charge in [0.25, 0.3) is 15.9 Å². The lowest BCUT2D eigenvalue weighted by Gasteiger charge is -2.35. The van der Waals surface area contributed by atoms with Crippen molar-refractivity contribution in [2.75, 3.05) is 50.4 Å². The smallest absolute Gasteiger partial charge is 0.256 e. The Bertz CT molecular complexity index is 991. The van der Waals surface area contributed by atoms with Gasteiger partial charge in [0.05, 0.1) is 11.3 Å². The second-order valence-corrected chi connectivity index (χ2v) is 9.17. The van der Waals surface area contributed by atoms with E-state index in [9.17, 15) is 13.2 Å². The number of nitrogens with one attached hydrogen (secondary N) is 1. The predicted octanol–water partition coefficient (Wildman–Crippen LogP) is 0.552. The standard InChI is InChI=1S/C20H25N5O3S/c1-23-9-11-24(12-10-23)18-7-3-2-5-16(18)15-21-20(26)17-6-4-8-25-13-14-29(27,28)22-19(17)25/h2-8H,9-15H2,1H3,(H,21,26). The molecule has 0 aliphatic carbocycles. The molecule has 1 amide bonds. The average molecular weight is 416 g/mol. The zero-order valence-electron chi connectivity index (χ0n) is 16.4. The number of para-hydroxylation sites is 1. The zero-order chi connectivity index (χ0) is 20.4. The first kappa shape index (κ1) is 19.7. The van der Waals surface area contributed by atoms with Crippen LogP contribution in [0.4, 0.5) is 5.69 Å². The summed E-state index contributed by atoms with van der Waals surface area (Å²) >= 11 is 0. The zero-order valence-corrected chi connectivity index (χ0v) is 17.2. The summed E-state index contributed by atoms with van der Waals surface area (Å²) in [6.45, 7) is 4.56. The van der Waals surface area contributed by atoms with Crippen LogP contribution in [0.25, 0.3) is 0 Å². The van der Waals surface area contributed by atoms with Crippen LogP contribution in [0.2, 0.25) is 0 Å². The van der Waals surface area contributed by atoms with E-state index in [1.807, 2.05) is 18.2 Å². The Morgan fingerprint density at radius 3 is 2.69 bits per heavy atom. The number of allylic oxidation sites excluding steroid dienone is 2. The predicted molar refractivity (Wildman–Crippen MR) is 113 cm³/mol. The van der Waals surface area contributed by atoms with Crippen molar-refractivity contribution >= 4 is 27.5 Å². The number of likely N-dealkylation sites (N-methyl/N-ethyl adjacent to an activating group) is 1. The van der Waals surface area contributed by atoms with E-state index in [4.69, 9.17) is 0 Å². The van der Waals surface area contributed by atoms with Crippen molar-refractivity contribution in [3.63, 3.8) is 0 Å². The van der Waals surface area contributed by atoms with Crippen molar-refractivity contribution < 1.29 is 13.2 Å². The van der Waals surface area contributed by atoms with Gasteiger partial charge < -0.3 is 20.0 Å². The third-order valence-electron chi connectivity index (χ3n) is 5.38. The summed E-state index contributed by atoms with van der Waals surface area (Å²) < 4.78 is 27.6. The fraction of sp³-hybridized carbons (Fsp3) is 0.400. The van der Waals surface area contributed by atoms with Crippen molar-refractivity contribution in [2.24, 2.45) is 4.40 Å². The van der Waals surface area contributed by atoms with Crippen LogP contribution in [0.15, 0.2) is 52.6 Å². The van der Waals surface area contributed by atoms with Crippen LogP contribution in [0.3, 0.4) is 0 Å². The highest BCUT2D eigenvalue weighted by Gasteiger charge is 2.30. The number of sulfonamides is 1. The second kappa shape index (κ2) is 8.00. The molecule has 0 bridgehead atoms. The number of benzene rings is 1. The summed E-state index contributed by atoms with van der Waals surface area (Å²) in [6.07, 6.45) is 5.09. The van der Waals surface area contributed by atoms with Gasteiger partial charge in [-0.25, -0.2) is 8.42 Å². The maximum absolute atomic E-state index is 12.8. The summed E-state index contributed by atoms with van der Waals surface area (Å²) in [7, 11) is -1.41. The minimum Gasteiger partial charge on any atom is -0.369 e. The van der Waals surface area contributed by atoms with Gasteiger partial charge in [-0.2, -0.15) is 0 Å². The normalized spacial score (nSPS) is 21.3. The van der Waals surface area contributed by atoms with Gasteiger partial charge >= 0.3 is 0 Å². The second-order valence-electron chi connectivity index (χ2n) is 7.42. The van der Waals surface area contributed by atoms with E-state index in [2.05, 4.69) is 32.6 Å². The maximum Gasteiger partial charge on any atom is 0.256 e. The molecule has 1 saturated heterocycles. The van der Waals surface area contributed by atoms with Crippen LogP contribution in [-0.4, -0.2) is 75.5 Å². The molecule has 1 aromatic carbocycles. The summed E-state index contributed by atoms with van der Waals surface area (Å²) in [5.74, 6) is -0.180. The van der Waals surface area contributed by atoms with Crippen LogP contribution < -0.4 is 10.2 Å². The van der Waals surface area contributed by atoms with Gasteiger partial charge in [-0.1, -0.05) is 18.2 Å². The van der Waals surface area contributed by atoms with Crippen molar-refractivity contribution in [3.05, 3.63) is 53.8 Å². The minimum atomic E-state index is -3.53. The van der Waals surface area contributed by atoms with E-state index in [1.165, 1.54) is 0 Å². The fourth-order valence-corrected chi connectivity index (χ4v) is 4.67. The van der Waals surface area contributed by atoms with Crippen molar-refractivity contribution in [1.82, 2.24) is 15.1 Å². The van der Waals surface area contributed by atoms with Crippen molar-refractivity contribution in [3.8, 4) is 0 Å². The molecule has 1 aromatic rings. The Labute approximate surface area is 171 Å². The van der Waals surface area contributed by atoms with Gasteiger partial charge in [0, 0.05) is 51.2 Å². The molecule has 4 rings (SSSR count). The number of carbonyl (C=O) groups is 1. The molecule has 1 N–H and O–H groups in total. The molecular weight excluding hydrogens is 390 g/mol. The molecule has 3 aliphatic heterocycles. The van der Waals surface area contributed by atoms with Crippen LogP contribution in [-0.2, 0) is 21.4 Å². The Morgan fingerprint density at radius 1 is 1.14 bits per heavy atom. The van der Waals surface area contributed by atoms with Gasteiger partial charge in [-0.15, -0.1) is 4.40 Å². The number of carbonyl (C=O) groups excluding carboxylic acids is 1. The van der Waals surface area contributed by atoms with Gasteiger partial charge in [0.2, 0.25) is 0 Å². The molecule has 0 atom stereocenters. The van der Waals surface area contributed by atoms with E-state index in [1.54, 1.807) is 23.3 Å². The number of hydrogen-bond donors (Lipinski definition) is 1. The van der Waals surface area contributed by atoms with E-state index in [0.29, 0.717) is 13.1 Å².